The van der Waals surface area contributed by atoms with E-state index in [4.69, 9.17) is 9.47 Å². The Morgan fingerprint density at radius 3 is 2.43 bits per heavy atom. The number of carbonyl (C=O) groups is 1. The van der Waals surface area contributed by atoms with Crippen molar-refractivity contribution < 1.29 is 14.3 Å². The van der Waals surface area contributed by atoms with Gasteiger partial charge in [-0.2, -0.15) is 0 Å². The first kappa shape index (κ1) is 19.5. The first-order valence-corrected chi connectivity index (χ1v) is 9.83. The fourth-order valence-corrected chi connectivity index (χ4v) is 3.16. The van der Waals surface area contributed by atoms with Crippen molar-refractivity contribution in [3.05, 3.63) is 96.2 Å². The summed E-state index contributed by atoms with van der Waals surface area (Å²) in [4.78, 5) is 16.8. The molecule has 0 aliphatic carbocycles. The zero-order valence-electron chi connectivity index (χ0n) is 16.7. The van der Waals surface area contributed by atoms with Crippen molar-refractivity contribution >= 4 is 28.2 Å². The first-order valence-electron chi connectivity index (χ1n) is 9.83. The third-order valence-corrected chi connectivity index (χ3v) is 4.64. The van der Waals surface area contributed by atoms with Crippen molar-refractivity contribution in [1.82, 2.24) is 4.98 Å². The minimum atomic E-state index is -0.402. The topological polar surface area (TPSA) is 60.5 Å². The maximum Gasteiger partial charge on any atom is 0.341 e. The maximum atomic E-state index is 12.5. The number of esters is 1. The lowest BCUT2D eigenvalue weighted by atomic mass is 10.1. The lowest BCUT2D eigenvalue weighted by Gasteiger charge is -2.14. The van der Waals surface area contributed by atoms with Crippen LogP contribution in [0.2, 0.25) is 0 Å². The minimum Gasteiger partial charge on any atom is -0.489 e. The molecule has 0 fully saturated rings. The van der Waals surface area contributed by atoms with Crippen LogP contribution in [0.25, 0.3) is 10.9 Å². The summed E-state index contributed by atoms with van der Waals surface area (Å²) in [7, 11) is 0. The van der Waals surface area contributed by atoms with Gasteiger partial charge in [0.15, 0.2) is 0 Å². The molecule has 0 unspecified atom stereocenters. The number of hydrogen-bond acceptors (Lipinski definition) is 5. The molecular formula is C25H22N2O3. The molecule has 5 heteroatoms. The molecule has 1 aromatic heterocycles. The lowest BCUT2D eigenvalue weighted by Crippen LogP contribution is -2.09. The molecule has 0 spiro atoms. The molecule has 0 amide bonds. The molecule has 1 heterocycles. The third-order valence-electron chi connectivity index (χ3n) is 4.64. The normalized spacial score (nSPS) is 10.6. The number of fused-ring (bicyclic) bond motifs is 1. The van der Waals surface area contributed by atoms with Crippen LogP contribution in [0.3, 0.4) is 0 Å². The Balaban J connectivity index is 1.57. The summed E-state index contributed by atoms with van der Waals surface area (Å²) >= 11 is 0. The summed E-state index contributed by atoms with van der Waals surface area (Å²) in [6.07, 6.45) is 1.56. The average molecular weight is 398 g/mol. The fraction of sp³-hybridized carbons (Fsp3) is 0.120. The molecule has 0 saturated heterocycles. The van der Waals surface area contributed by atoms with Gasteiger partial charge < -0.3 is 14.8 Å². The second-order valence-electron chi connectivity index (χ2n) is 6.71. The van der Waals surface area contributed by atoms with Gasteiger partial charge in [-0.3, -0.25) is 4.98 Å². The molecule has 0 aliphatic rings. The molecule has 0 bridgehead atoms. The van der Waals surface area contributed by atoms with Gasteiger partial charge in [-0.15, -0.1) is 0 Å². The summed E-state index contributed by atoms with van der Waals surface area (Å²) in [6.45, 7) is 2.60. The van der Waals surface area contributed by atoms with E-state index < -0.39 is 5.97 Å². The number of para-hydroxylation sites is 1. The highest BCUT2D eigenvalue weighted by atomic mass is 16.5. The third kappa shape index (κ3) is 4.41. The van der Waals surface area contributed by atoms with Crippen molar-refractivity contribution in [2.45, 2.75) is 13.5 Å². The molecular weight excluding hydrogens is 376 g/mol. The molecule has 0 aliphatic heterocycles. The van der Waals surface area contributed by atoms with Crippen molar-refractivity contribution in [2.24, 2.45) is 0 Å². The van der Waals surface area contributed by atoms with Crippen molar-refractivity contribution in [2.75, 3.05) is 11.9 Å². The summed E-state index contributed by atoms with van der Waals surface area (Å²) in [5.41, 5.74) is 3.83. The van der Waals surface area contributed by atoms with E-state index in [-0.39, 0.29) is 0 Å². The summed E-state index contributed by atoms with van der Waals surface area (Å²) in [5.74, 6) is 0.371. The highest BCUT2D eigenvalue weighted by Crippen LogP contribution is 2.30. The fourth-order valence-electron chi connectivity index (χ4n) is 3.16. The largest absolute Gasteiger partial charge is 0.489 e. The number of ether oxygens (including phenoxy) is 2. The van der Waals surface area contributed by atoms with Crippen LogP contribution in [-0.2, 0) is 11.3 Å². The lowest BCUT2D eigenvalue weighted by molar-refractivity contribution is 0.0527. The van der Waals surface area contributed by atoms with Gasteiger partial charge >= 0.3 is 5.97 Å². The molecule has 1 N–H and O–H groups in total. The molecule has 30 heavy (non-hydrogen) atoms. The molecule has 3 aromatic carbocycles. The number of anilines is 2. The zero-order chi connectivity index (χ0) is 20.8. The Morgan fingerprint density at radius 1 is 0.933 bits per heavy atom. The summed E-state index contributed by atoms with van der Waals surface area (Å²) < 4.78 is 11.1. The van der Waals surface area contributed by atoms with Gasteiger partial charge in [0.05, 0.1) is 17.8 Å². The van der Waals surface area contributed by atoms with Gasteiger partial charge in [0, 0.05) is 17.3 Å². The molecule has 4 rings (SSSR count). The molecule has 0 atom stereocenters. The number of hydrogen-bond donors (Lipinski definition) is 1. The quantitative estimate of drug-likeness (QED) is 0.403. The van der Waals surface area contributed by atoms with Crippen LogP contribution in [0.15, 0.2) is 85.1 Å². The number of rotatable bonds is 7. The molecule has 150 valence electrons. The Hall–Kier alpha value is -3.86. The van der Waals surface area contributed by atoms with Crippen LogP contribution in [0, 0.1) is 0 Å². The standard InChI is InChI=1S/C25H22N2O3/c1-2-29-25(28)22-16-26-23-11-7-6-10-21(23)24(22)27-19-12-14-20(15-13-19)30-17-18-8-4-3-5-9-18/h3-16H,2,17H2,1H3,(H,26,27). The SMILES string of the molecule is CCOC(=O)c1cnc2ccccc2c1Nc1ccc(OCc2ccccc2)cc1. The molecule has 0 saturated carbocycles. The minimum absolute atomic E-state index is 0.304. The van der Waals surface area contributed by atoms with Gasteiger partial charge in [0.25, 0.3) is 0 Å². The van der Waals surface area contributed by atoms with E-state index in [1.165, 1.54) is 0 Å². The van der Waals surface area contributed by atoms with Crippen LogP contribution < -0.4 is 10.1 Å². The van der Waals surface area contributed by atoms with Crippen LogP contribution >= 0.6 is 0 Å². The number of benzene rings is 3. The Bertz CT molecular complexity index is 1140. The van der Waals surface area contributed by atoms with Crippen molar-refractivity contribution in [3.8, 4) is 5.75 Å². The van der Waals surface area contributed by atoms with Gasteiger partial charge in [-0.25, -0.2) is 4.79 Å². The van der Waals surface area contributed by atoms with E-state index in [1.807, 2.05) is 78.9 Å². The van der Waals surface area contributed by atoms with E-state index in [0.717, 1.165) is 27.9 Å². The summed E-state index contributed by atoms with van der Waals surface area (Å²) in [5, 5.41) is 4.21. The van der Waals surface area contributed by atoms with Gasteiger partial charge in [0.2, 0.25) is 0 Å². The van der Waals surface area contributed by atoms with Gasteiger partial charge in [-0.1, -0.05) is 48.5 Å². The summed E-state index contributed by atoms with van der Waals surface area (Å²) in [6, 6.07) is 25.4. The number of carbonyl (C=O) groups excluding carboxylic acids is 1. The van der Waals surface area contributed by atoms with E-state index in [0.29, 0.717) is 24.5 Å². The molecule has 5 nitrogen and oxygen atoms in total. The predicted octanol–water partition coefficient (Wildman–Crippen LogP) is 5.73. The van der Waals surface area contributed by atoms with E-state index >= 15 is 0 Å². The number of nitrogens with zero attached hydrogens (tertiary/aromatic N) is 1. The molecule has 4 aromatic rings. The number of nitrogens with one attached hydrogen (secondary N) is 1. The molecule has 0 radical (unpaired) electrons. The van der Waals surface area contributed by atoms with E-state index in [2.05, 4.69) is 10.3 Å². The van der Waals surface area contributed by atoms with Crippen molar-refractivity contribution in [3.63, 3.8) is 0 Å². The number of aromatic nitrogens is 1. The zero-order valence-corrected chi connectivity index (χ0v) is 16.7. The monoisotopic (exact) mass is 398 g/mol. The van der Waals surface area contributed by atoms with Crippen LogP contribution in [0.4, 0.5) is 11.4 Å². The second kappa shape index (κ2) is 9.09. The smallest absolute Gasteiger partial charge is 0.341 e. The second-order valence-corrected chi connectivity index (χ2v) is 6.71. The maximum absolute atomic E-state index is 12.5. The number of pyridine rings is 1. The average Bonchev–Trinajstić information content (AvgIpc) is 2.79. The Morgan fingerprint density at radius 2 is 1.67 bits per heavy atom. The van der Waals surface area contributed by atoms with E-state index in [1.54, 1.807) is 13.1 Å². The van der Waals surface area contributed by atoms with E-state index in [9.17, 15) is 4.79 Å². The Kier molecular flexibility index (Phi) is 5.90. The highest BCUT2D eigenvalue weighted by Gasteiger charge is 2.16. The van der Waals surface area contributed by atoms with Crippen LogP contribution in [-0.4, -0.2) is 17.6 Å². The first-order chi connectivity index (χ1) is 14.7. The van der Waals surface area contributed by atoms with Crippen molar-refractivity contribution in [1.29, 1.82) is 0 Å². The van der Waals surface area contributed by atoms with Crippen LogP contribution in [0.5, 0.6) is 5.75 Å². The predicted molar refractivity (Wildman–Crippen MR) is 118 cm³/mol. The van der Waals surface area contributed by atoms with Gasteiger partial charge in [-0.05, 0) is 42.8 Å². The van der Waals surface area contributed by atoms with Gasteiger partial charge in [0.1, 0.15) is 17.9 Å². The Labute approximate surface area is 175 Å². The highest BCUT2D eigenvalue weighted by molar-refractivity contribution is 6.06. The van der Waals surface area contributed by atoms with Crippen LogP contribution in [0.1, 0.15) is 22.8 Å².